The molecule has 5 nitrogen and oxygen atoms in total. The van der Waals surface area contributed by atoms with Crippen molar-refractivity contribution in [2.75, 3.05) is 19.8 Å². The Hall–Kier alpha value is -2.40. The van der Waals surface area contributed by atoms with E-state index in [9.17, 15) is 4.79 Å². The molecule has 1 amide bonds. The van der Waals surface area contributed by atoms with Crippen LogP contribution in [-0.2, 0) is 6.42 Å². The van der Waals surface area contributed by atoms with Crippen LogP contribution in [0.15, 0.2) is 36.7 Å². The van der Waals surface area contributed by atoms with Crippen LogP contribution >= 0.6 is 0 Å². The van der Waals surface area contributed by atoms with Crippen molar-refractivity contribution in [3.8, 4) is 16.9 Å². The first-order valence-electron chi connectivity index (χ1n) is 8.77. The van der Waals surface area contributed by atoms with Crippen molar-refractivity contribution in [2.45, 2.75) is 26.2 Å². The van der Waals surface area contributed by atoms with Crippen LogP contribution in [0.2, 0.25) is 0 Å². The topological polar surface area (TPSA) is 71.5 Å². The Kier molecular flexibility index (Phi) is 5.66. The Bertz CT molecular complexity index is 745. The number of rotatable bonds is 7. The number of nitrogens with zero attached hydrogens (tertiary/aromatic N) is 1. The summed E-state index contributed by atoms with van der Waals surface area (Å²) in [6, 6.07) is 7.96. The minimum Gasteiger partial charge on any atom is -0.493 e. The molecule has 1 atom stereocenters. The smallest absolute Gasteiger partial charge is 0.252 e. The first kappa shape index (κ1) is 17.4. The number of pyridine rings is 1. The number of amides is 1. The van der Waals surface area contributed by atoms with Gasteiger partial charge in [0.05, 0.1) is 12.2 Å². The van der Waals surface area contributed by atoms with Crippen molar-refractivity contribution in [2.24, 2.45) is 5.92 Å². The third-order valence-corrected chi connectivity index (χ3v) is 4.49. The lowest BCUT2D eigenvalue weighted by molar-refractivity contribution is 0.0951. The van der Waals surface area contributed by atoms with Crippen molar-refractivity contribution >= 4 is 5.91 Å². The van der Waals surface area contributed by atoms with E-state index in [2.05, 4.69) is 16.4 Å². The highest BCUT2D eigenvalue weighted by molar-refractivity contribution is 5.95. The molecule has 0 aliphatic carbocycles. The van der Waals surface area contributed by atoms with Crippen LogP contribution in [0.25, 0.3) is 11.1 Å². The third-order valence-electron chi connectivity index (χ3n) is 4.49. The van der Waals surface area contributed by atoms with Crippen LogP contribution in [0.1, 0.15) is 35.7 Å². The predicted molar refractivity (Wildman–Crippen MR) is 96.7 cm³/mol. The maximum absolute atomic E-state index is 12.3. The summed E-state index contributed by atoms with van der Waals surface area (Å²) in [7, 11) is 0. The van der Waals surface area contributed by atoms with Crippen molar-refractivity contribution in [1.29, 1.82) is 0 Å². The van der Waals surface area contributed by atoms with E-state index < -0.39 is 0 Å². The number of aliphatic hydroxyl groups is 1. The molecule has 0 bridgehead atoms. The fourth-order valence-corrected chi connectivity index (χ4v) is 2.93. The monoisotopic (exact) mass is 340 g/mol. The van der Waals surface area contributed by atoms with Gasteiger partial charge in [-0.3, -0.25) is 9.78 Å². The molecule has 0 spiro atoms. The van der Waals surface area contributed by atoms with Gasteiger partial charge in [0.2, 0.25) is 0 Å². The number of aromatic nitrogens is 1. The first-order chi connectivity index (χ1) is 12.2. The molecule has 132 valence electrons. The van der Waals surface area contributed by atoms with Crippen LogP contribution in [0, 0.1) is 5.92 Å². The average molecular weight is 340 g/mol. The van der Waals surface area contributed by atoms with Crippen LogP contribution < -0.4 is 10.1 Å². The average Bonchev–Trinajstić information content (AvgIpc) is 3.12. The Morgan fingerprint density at radius 1 is 1.32 bits per heavy atom. The number of carbonyl (C=O) groups excluding carboxylic acids is 1. The molecule has 1 unspecified atom stereocenters. The number of carbonyl (C=O) groups is 1. The number of aliphatic hydroxyl groups excluding tert-OH is 1. The highest BCUT2D eigenvalue weighted by Crippen LogP contribution is 2.30. The zero-order chi connectivity index (χ0) is 17.6. The second-order valence-electron chi connectivity index (χ2n) is 6.57. The van der Waals surface area contributed by atoms with Gasteiger partial charge in [0.1, 0.15) is 5.75 Å². The van der Waals surface area contributed by atoms with E-state index in [0.29, 0.717) is 12.1 Å². The lowest BCUT2D eigenvalue weighted by atomic mass is 10.0. The highest BCUT2D eigenvalue weighted by atomic mass is 16.5. The summed E-state index contributed by atoms with van der Waals surface area (Å²) in [5.41, 5.74) is 3.73. The molecule has 2 aromatic rings. The molecule has 2 N–H and O–H groups in total. The quantitative estimate of drug-likeness (QED) is 0.760. The molecular weight excluding hydrogens is 316 g/mol. The number of ether oxygens (including phenoxy) is 1. The predicted octanol–water partition coefficient (Wildman–Crippen LogP) is 2.82. The number of fused-ring (bicyclic) bond motifs is 1. The Morgan fingerprint density at radius 3 is 3.04 bits per heavy atom. The normalized spacial score (nSPS) is 13.8. The summed E-state index contributed by atoms with van der Waals surface area (Å²) in [5, 5.41) is 11.9. The first-order valence-corrected chi connectivity index (χ1v) is 8.77. The second-order valence-corrected chi connectivity index (χ2v) is 6.57. The van der Waals surface area contributed by atoms with Gasteiger partial charge < -0.3 is 15.2 Å². The lowest BCUT2D eigenvalue weighted by Crippen LogP contribution is -2.25. The number of hydrogen-bond donors (Lipinski definition) is 2. The second kappa shape index (κ2) is 8.12. The van der Waals surface area contributed by atoms with Gasteiger partial charge in [-0.25, -0.2) is 0 Å². The molecule has 1 aliphatic rings. The molecule has 0 radical (unpaired) electrons. The zero-order valence-electron chi connectivity index (χ0n) is 14.5. The van der Waals surface area contributed by atoms with E-state index in [1.807, 2.05) is 25.1 Å². The molecule has 0 saturated carbocycles. The van der Waals surface area contributed by atoms with E-state index >= 15 is 0 Å². The fraction of sp³-hybridized carbons (Fsp3) is 0.400. The highest BCUT2D eigenvalue weighted by Gasteiger charge is 2.14. The van der Waals surface area contributed by atoms with Gasteiger partial charge in [-0.2, -0.15) is 0 Å². The van der Waals surface area contributed by atoms with Crippen LogP contribution in [-0.4, -0.2) is 35.8 Å². The van der Waals surface area contributed by atoms with Gasteiger partial charge in [-0.05, 0) is 48.1 Å². The van der Waals surface area contributed by atoms with Gasteiger partial charge >= 0.3 is 0 Å². The van der Waals surface area contributed by atoms with Crippen LogP contribution in [0.3, 0.4) is 0 Å². The van der Waals surface area contributed by atoms with Crippen LogP contribution in [0.5, 0.6) is 5.75 Å². The summed E-state index contributed by atoms with van der Waals surface area (Å²) in [6.07, 6.45) is 6.03. The SMILES string of the molecule is CC(CO)CCCNC(=O)c1cncc(-c2ccc3c(c2)CCO3)c1. The number of benzene rings is 1. The number of hydrogen-bond acceptors (Lipinski definition) is 4. The van der Waals surface area contributed by atoms with Crippen molar-refractivity contribution < 1.29 is 14.6 Å². The largest absolute Gasteiger partial charge is 0.493 e. The fourth-order valence-electron chi connectivity index (χ4n) is 2.93. The minimum atomic E-state index is -0.115. The van der Waals surface area contributed by atoms with E-state index in [4.69, 9.17) is 9.84 Å². The molecule has 1 aliphatic heterocycles. The maximum atomic E-state index is 12.3. The summed E-state index contributed by atoms with van der Waals surface area (Å²) < 4.78 is 5.54. The Labute approximate surface area is 148 Å². The van der Waals surface area contributed by atoms with E-state index in [-0.39, 0.29) is 18.4 Å². The standard InChI is InChI=1S/C20H24N2O3/c1-14(13-23)3-2-7-22-20(24)18-10-17(11-21-12-18)15-4-5-19-16(9-15)6-8-25-19/h4-5,9-12,14,23H,2-3,6-8,13H2,1H3,(H,22,24). The molecule has 5 heteroatoms. The van der Waals surface area contributed by atoms with Crippen molar-refractivity contribution in [3.05, 3.63) is 47.8 Å². The molecule has 1 aromatic carbocycles. The molecule has 25 heavy (non-hydrogen) atoms. The Morgan fingerprint density at radius 2 is 2.20 bits per heavy atom. The summed E-state index contributed by atoms with van der Waals surface area (Å²) in [4.78, 5) is 16.5. The minimum absolute atomic E-state index is 0.115. The van der Waals surface area contributed by atoms with Crippen molar-refractivity contribution in [1.82, 2.24) is 10.3 Å². The van der Waals surface area contributed by atoms with Gasteiger partial charge in [0.15, 0.2) is 0 Å². The molecule has 2 heterocycles. The maximum Gasteiger partial charge on any atom is 0.252 e. The van der Waals surface area contributed by atoms with Gasteiger partial charge in [-0.1, -0.05) is 13.0 Å². The van der Waals surface area contributed by atoms with Crippen molar-refractivity contribution in [3.63, 3.8) is 0 Å². The molecule has 3 rings (SSSR count). The molecule has 0 saturated heterocycles. The zero-order valence-corrected chi connectivity index (χ0v) is 14.5. The van der Waals surface area contributed by atoms with Gasteiger partial charge in [0.25, 0.3) is 5.91 Å². The Balaban J connectivity index is 1.64. The lowest BCUT2D eigenvalue weighted by Gasteiger charge is -2.09. The van der Waals surface area contributed by atoms with Gasteiger partial charge in [0, 0.05) is 37.5 Å². The van der Waals surface area contributed by atoms with E-state index in [0.717, 1.165) is 42.7 Å². The summed E-state index contributed by atoms with van der Waals surface area (Å²) >= 11 is 0. The van der Waals surface area contributed by atoms with Gasteiger partial charge in [-0.15, -0.1) is 0 Å². The van der Waals surface area contributed by atoms with E-state index in [1.54, 1.807) is 12.4 Å². The molecule has 0 fully saturated rings. The van der Waals surface area contributed by atoms with Crippen LogP contribution in [0.4, 0.5) is 0 Å². The summed E-state index contributed by atoms with van der Waals surface area (Å²) in [5.74, 6) is 1.10. The molecule has 1 aromatic heterocycles. The third kappa shape index (κ3) is 4.37. The molecular formula is C20H24N2O3. The van der Waals surface area contributed by atoms with E-state index in [1.165, 1.54) is 5.56 Å². The summed E-state index contributed by atoms with van der Waals surface area (Å²) in [6.45, 7) is 3.51. The number of nitrogens with one attached hydrogen (secondary N) is 1.